The van der Waals surface area contributed by atoms with Gasteiger partial charge in [0.15, 0.2) is 5.58 Å². The molecule has 7 heteroatoms. The maximum Gasteiger partial charge on any atom is 0.417 e. The molecule has 0 amide bonds. The van der Waals surface area contributed by atoms with Crippen LogP contribution in [0.2, 0.25) is 0 Å². The molecule has 0 spiro atoms. The van der Waals surface area contributed by atoms with Crippen LogP contribution in [0, 0.1) is 0 Å². The van der Waals surface area contributed by atoms with Gasteiger partial charge in [0.25, 0.3) is 9.05 Å². The van der Waals surface area contributed by atoms with Crippen molar-refractivity contribution < 1.29 is 12.8 Å². The van der Waals surface area contributed by atoms with Crippen LogP contribution < -0.4 is 5.76 Å². The topological polar surface area (TPSA) is 80.1 Å². The number of oxazole rings is 1. The first kappa shape index (κ1) is 9.29. The summed E-state index contributed by atoms with van der Waals surface area (Å²) in [5, 5.41) is 0. The lowest BCUT2D eigenvalue weighted by molar-refractivity contribution is 0.554. The molecular formula is C7H4ClNO4S. The number of halogens is 1. The number of hydrogen-bond acceptors (Lipinski definition) is 4. The Balaban J connectivity index is 2.80. The van der Waals surface area contributed by atoms with Gasteiger partial charge in [-0.3, -0.25) is 4.98 Å². The molecule has 0 unspecified atom stereocenters. The van der Waals surface area contributed by atoms with Crippen molar-refractivity contribution in [2.24, 2.45) is 0 Å². The van der Waals surface area contributed by atoms with E-state index in [4.69, 9.17) is 10.7 Å². The monoisotopic (exact) mass is 233 g/mol. The molecule has 0 radical (unpaired) electrons. The summed E-state index contributed by atoms with van der Waals surface area (Å²) in [6.45, 7) is 0. The summed E-state index contributed by atoms with van der Waals surface area (Å²) in [6.07, 6.45) is 0. The zero-order valence-electron chi connectivity index (χ0n) is 6.65. The maximum absolute atomic E-state index is 10.9. The minimum atomic E-state index is -3.79. The minimum Gasteiger partial charge on any atom is -0.408 e. The summed E-state index contributed by atoms with van der Waals surface area (Å²) >= 11 is 0. The SMILES string of the molecule is O=c1[nH]c2ccc(S(=O)(=O)Cl)cc2o1. The van der Waals surface area contributed by atoms with E-state index in [-0.39, 0.29) is 10.5 Å². The molecule has 2 rings (SSSR count). The lowest BCUT2D eigenvalue weighted by Crippen LogP contribution is -1.92. The van der Waals surface area contributed by atoms with Crippen LogP contribution in [0.5, 0.6) is 0 Å². The second-order valence-electron chi connectivity index (χ2n) is 2.61. The Hall–Kier alpha value is -1.27. The molecule has 1 N–H and O–H groups in total. The molecule has 0 aliphatic heterocycles. The highest BCUT2D eigenvalue weighted by molar-refractivity contribution is 8.13. The molecule has 0 bridgehead atoms. The molecule has 0 saturated carbocycles. The van der Waals surface area contributed by atoms with E-state index in [1.807, 2.05) is 0 Å². The number of rotatable bonds is 1. The Morgan fingerprint density at radius 3 is 2.71 bits per heavy atom. The normalized spacial score (nSPS) is 12.1. The van der Waals surface area contributed by atoms with Gasteiger partial charge in [-0.1, -0.05) is 0 Å². The summed E-state index contributed by atoms with van der Waals surface area (Å²) in [5.41, 5.74) is 0.593. The predicted octanol–water partition coefficient (Wildman–Crippen LogP) is 1.05. The largest absolute Gasteiger partial charge is 0.417 e. The van der Waals surface area contributed by atoms with E-state index in [1.165, 1.54) is 18.2 Å². The molecular weight excluding hydrogens is 230 g/mol. The van der Waals surface area contributed by atoms with E-state index in [0.717, 1.165) is 0 Å². The van der Waals surface area contributed by atoms with Crippen LogP contribution in [0.1, 0.15) is 0 Å². The molecule has 74 valence electrons. The summed E-state index contributed by atoms with van der Waals surface area (Å²) in [7, 11) is 1.32. The van der Waals surface area contributed by atoms with Crippen molar-refractivity contribution in [2.75, 3.05) is 0 Å². The highest BCUT2D eigenvalue weighted by Gasteiger charge is 2.11. The molecule has 1 heterocycles. The molecule has 0 aliphatic carbocycles. The molecule has 14 heavy (non-hydrogen) atoms. The predicted molar refractivity (Wildman–Crippen MR) is 49.9 cm³/mol. The summed E-state index contributed by atoms with van der Waals surface area (Å²) in [4.78, 5) is 13.0. The van der Waals surface area contributed by atoms with Crippen molar-refractivity contribution in [3.05, 3.63) is 28.7 Å². The second kappa shape index (κ2) is 2.86. The van der Waals surface area contributed by atoms with Gasteiger partial charge in [-0.25, -0.2) is 13.2 Å². The Labute approximate surface area is 82.7 Å². The number of aromatic nitrogens is 1. The lowest BCUT2D eigenvalue weighted by Gasteiger charge is -1.93. The van der Waals surface area contributed by atoms with Crippen molar-refractivity contribution in [2.45, 2.75) is 4.90 Å². The zero-order chi connectivity index (χ0) is 10.3. The molecule has 2 aromatic rings. The van der Waals surface area contributed by atoms with Crippen molar-refractivity contribution in [3.8, 4) is 0 Å². The number of aromatic amines is 1. The molecule has 0 fully saturated rings. The van der Waals surface area contributed by atoms with Crippen LogP contribution in [-0.4, -0.2) is 13.4 Å². The third-order valence-electron chi connectivity index (χ3n) is 1.67. The van der Waals surface area contributed by atoms with Gasteiger partial charge in [-0.15, -0.1) is 0 Å². The van der Waals surface area contributed by atoms with Crippen molar-refractivity contribution in [1.82, 2.24) is 4.98 Å². The van der Waals surface area contributed by atoms with Gasteiger partial charge >= 0.3 is 5.76 Å². The minimum absolute atomic E-state index is 0.102. The maximum atomic E-state index is 10.9. The van der Waals surface area contributed by atoms with Crippen molar-refractivity contribution in [3.63, 3.8) is 0 Å². The third kappa shape index (κ3) is 1.53. The van der Waals surface area contributed by atoms with E-state index in [2.05, 4.69) is 9.40 Å². The van der Waals surface area contributed by atoms with Crippen molar-refractivity contribution >= 4 is 30.8 Å². The number of fused-ring (bicyclic) bond motifs is 1. The van der Waals surface area contributed by atoms with Crippen LogP contribution in [0.4, 0.5) is 0 Å². The van der Waals surface area contributed by atoms with E-state index in [1.54, 1.807) is 0 Å². The van der Waals surface area contributed by atoms with E-state index >= 15 is 0 Å². The van der Waals surface area contributed by atoms with Crippen molar-refractivity contribution in [1.29, 1.82) is 0 Å². The lowest BCUT2D eigenvalue weighted by atomic mass is 10.3. The van der Waals surface area contributed by atoms with E-state index in [9.17, 15) is 13.2 Å². The van der Waals surface area contributed by atoms with Gasteiger partial charge < -0.3 is 4.42 Å². The quantitative estimate of drug-likeness (QED) is 0.747. The number of H-pyrrole nitrogens is 1. The molecule has 1 aromatic carbocycles. The smallest absolute Gasteiger partial charge is 0.408 e. The fourth-order valence-corrected chi connectivity index (χ4v) is 1.84. The molecule has 1 aromatic heterocycles. The molecule has 0 aliphatic rings. The van der Waals surface area contributed by atoms with Crippen LogP contribution in [-0.2, 0) is 9.05 Å². The fraction of sp³-hybridized carbons (Fsp3) is 0. The molecule has 5 nitrogen and oxygen atoms in total. The van der Waals surface area contributed by atoms with Gasteiger partial charge in [0.05, 0.1) is 10.4 Å². The van der Waals surface area contributed by atoms with Gasteiger partial charge in [0.2, 0.25) is 0 Å². The van der Waals surface area contributed by atoms with Gasteiger partial charge in [0.1, 0.15) is 0 Å². The average Bonchev–Trinajstić information content (AvgIpc) is 2.41. The average molecular weight is 234 g/mol. The van der Waals surface area contributed by atoms with Crippen LogP contribution in [0.15, 0.2) is 32.3 Å². The number of benzene rings is 1. The number of nitrogens with one attached hydrogen (secondary N) is 1. The Morgan fingerprint density at radius 2 is 2.07 bits per heavy atom. The fourth-order valence-electron chi connectivity index (χ4n) is 1.08. The molecule has 0 atom stereocenters. The Kier molecular flexibility index (Phi) is 1.90. The summed E-state index contributed by atoms with van der Waals surface area (Å²) < 4.78 is 26.5. The van der Waals surface area contributed by atoms with Crippen LogP contribution in [0.25, 0.3) is 11.1 Å². The standard InChI is InChI=1S/C7H4ClNO4S/c8-14(11,12)4-1-2-5-6(3-4)13-7(10)9-5/h1-3H,(H,9,10). The highest BCUT2D eigenvalue weighted by atomic mass is 35.7. The Morgan fingerprint density at radius 1 is 1.36 bits per heavy atom. The van der Waals surface area contributed by atoms with Gasteiger partial charge in [-0.2, -0.15) is 0 Å². The van der Waals surface area contributed by atoms with Crippen LogP contribution >= 0.6 is 10.7 Å². The van der Waals surface area contributed by atoms with E-state index < -0.39 is 14.8 Å². The summed E-state index contributed by atoms with van der Waals surface area (Å²) in [6, 6.07) is 3.89. The number of hydrogen-bond donors (Lipinski definition) is 1. The third-order valence-corrected chi connectivity index (χ3v) is 3.03. The van der Waals surface area contributed by atoms with E-state index in [0.29, 0.717) is 5.52 Å². The first-order valence-corrected chi connectivity index (χ1v) is 5.85. The summed E-state index contributed by atoms with van der Waals surface area (Å²) in [5.74, 6) is -0.635. The van der Waals surface area contributed by atoms with Gasteiger partial charge in [0, 0.05) is 16.7 Å². The first-order valence-electron chi connectivity index (χ1n) is 3.54. The highest BCUT2D eigenvalue weighted by Crippen LogP contribution is 2.19. The Bertz CT molecular complexity index is 639. The second-order valence-corrected chi connectivity index (χ2v) is 5.18. The van der Waals surface area contributed by atoms with Crippen LogP contribution in [0.3, 0.4) is 0 Å². The first-order chi connectivity index (χ1) is 6.47. The zero-order valence-corrected chi connectivity index (χ0v) is 8.22. The molecule has 0 saturated heterocycles. The van der Waals surface area contributed by atoms with Gasteiger partial charge in [-0.05, 0) is 12.1 Å².